The summed E-state index contributed by atoms with van der Waals surface area (Å²) >= 11 is 0. The lowest BCUT2D eigenvalue weighted by atomic mass is 10.8. The van der Waals surface area contributed by atoms with Crippen LogP contribution < -0.4 is 0 Å². The van der Waals surface area contributed by atoms with Gasteiger partial charge >= 0.3 is 7.82 Å². The van der Waals surface area contributed by atoms with Crippen molar-refractivity contribution in [3.05, 3.63) is 0 Å². The Balaban J connectivity index is 4.29. The molecule has 17 heavy (non-hydrogen) atoms. The maximum atomic E-state index is 11.7. The molecule has 0 saturated heterocycles. The first-order valence-electron chi connectivity index (χ1n) is 4.13. The average Bonchev–Trinajstić information content (AvgIpc) is 2.21. The van der Waals surface area contributed by atoms with E-state index >= 15 is 0 Å². The van der Waals surface area contributed by atoms with E-state index in [2.05, 4.69) is 13.6 Å². The number of rotatable bonds is 9. The van der Waals surface area contributed by atoms with Crippen molar-refractivity contribution in [1.29, 1.82) is 0 Å². The van der Waals surface area contributed by atoms with Gasteiger partial charge < -0.3 is 0 Å². The fourth-order valence-electron chi connectivity index (χ4n) is 0.555. The molecule has 104 valence electrons. The first kappa shape index (κ1) is 16.7. The molecule has 0 aromatic heterocycles. The van der Waals surface area contributed by atoms with Crippen LogP contribution in [0.4, 0.5) is 26.3 Å². The van der Waals surface area contributed by atoms with Gasteiger partial charge in [-0.25, -0.2) is 30.9 Å². The van der Waals surface area contributed by atoms with E-state index in [1.165, 1.54) is 0 Å². The number of halogens is 6. The normalized spacial score (nSPS) is 13.0. The minimum absolute atomic E-state index is 1.44. The Labute approximate surface area is 92.4 Å². The van der Waals surface area contributed by atoms with Crippen molar-refractivity contribution in [3.63, 3.8) is 0 Å². The minimum atomic E-state index is -4.82. The van der Waals surface area contributed by atoms with Crippen molar-refractivity contribution >= 4 is 7.82 Å². The van der Waals surface area contributed by atoms with Crippen LogP contribution in [0.1, 0.15) is 0 Å². The molecular formula is C6H9F6O4P. The highest BCUT2D eigenvalue weighted by molar-refractivity contribution is 7.48. The summed E-state index contributed by atoms with van der Waals surface area (Å²) in [5, 5.41) is 0. The Kier molecular flexibility index (Phi) is 7.77. The summed E-state index contributed by atoms with van der Waals surface area (Å²) in [6, 6.07) is 0. The van der Waals surface area contributed by atoms with Crippen LogP contribution >= 0.6 is 7.82 Å². The molecule has 0 N–H and O–H groups in total. The van der Waals surface area contributed by atoms with E-state index in [1.807, 2.05) is 0 Å². The van der Waals surface area contributed by atoms with Gasteiger partial charge in [0.1, 0.15) is 19.8 Å². The minimum Gasteiger partial charge on any atom is -0.281 e. The van der Waals surface area contributed by atoms with E-state index in [-0.39, 0.29) is 0 Å². The van der Waals surface area contributed by atoms with E-state index in [0.717, 1.165) is 0 Å². The van der Waals surface area contributed by atoms with Crippen LogP contribution in [-0.2, 0) is 18.1 Å². The fourth-order valence-corrected chi connectivity index (χ4v) is 1.66. The molecule has 0 aromatic carbocycles. The summed E-state index contributed by atoms with van der Waals surface area (Å²) in [5.41, 5.74) is 0. The molecule has 0 amide bonds. The Morgan fingerprint density at radius 1 is 0.706 bits per heavy atom. The van der Waals surface area contributed by atoms with Crippen molar-refractivity contribution in [2.45, 2.75) is 19.3 Å². The maximum absolute atomic E-state index is 11.7. The smallest absolute Gasteiger partial charge is 0.281 e. The highest BCUT2D eigenvalue weighted by Gasteiger charge is 2.31. The monoisotopic (exact) mass is 290 g/mol. The number of hydrogen-bond donors (Lipinski definition) is 0. The largest absolute Gasteiger partial charge is 0.475 e. The molecule has 0 aliphatic heterocycles. The van der Waals surface area contributed by atoms with E-state index in [4.69, 9.17) is 0 Å². The Hall–Kier alpha value is -0.310. The number of phosphoric acid groups is 1. The zero-order valence-electron chi connectivity index (χ0n) is 8.20. The standard InChI is InChI=1S/C6H9F6O4P/c7-4(8)1-14-17(13,15-2-5(9)10)16-3-6(11)12/h4-6H,1-3H2. The molecular weight excluding hydrogens is 281 g/mol. The molecule has 0 spiro atoms. The zero-order valence-corrected chi connectivity index (χ0v) is 9.10. The van der Waals surface area contributed by atoms with E-state index < -0.39 is 46.9 Å². The highest BCUT2D eigenvalue weighted by Crippen LogP contribution is 2.50. The Bertz CT molecular complexity index is 213. The third kappa shape index (κ3) is 9.40. The second kappa shape index (κ2) is 7.91. The average molecular weight is 290 g/mol. The molecule has 0 aromatic rings. The third-order valence-electron chi connectivity index (χ3n) is 1.08. The van der Waals surface area contributed by atoms with Gasteiger partial charge in [0.25, 0.3) is 19.3 Å². The SMILES string of the molecule is O=P(OCC(F)F)(OCC(F)F)OCC(F)F. The maximum Gasteiger partial charge on any atom is 0.475 e. The second-order valence-electron chi connectivity index (χ2n) is 2.51. The van der Waals surface area contributed by atoms with Gasteiger partial charge in [-0.05, 0) is 0 Å². The predicted octanol–water partition coefficient (Wildman–Crippen LogP) is 2.94. The molecule has 0 radical (unpaired) electrons. The topological polar surface area (TPSA) is 44.8 Å². The molecule has 0 aliphatic carbocycles. The summed E-state index contributed by atoms with van der Waals surface area (Å²) in [5.74, 6) is 0. The molecule has 0 heterocycles. The van der Waals surface area contributed by atoms with Crippen molar-refractivity contribution in [3.8, 4) is 0 Å². The summed E-state index contributed by atoms with van der Waals surface area (Å²) in [4.78, 5) is 0. The van der Waals surface area contributed by atoms with Crippen LogP contribution in [0.5, 0.6) is 0 Å². The van der Waals surface area contributed by atoms with E-state index in [9.17, 15) is 30.9 Å². The van der Waals surface area contributed by atoms with Gasteiger partial charge in [0, 0.05) is 0 Å². The molecule has 0 aliphatic rings. The van der Waals surface area contributed by atoms with Gasteiger partial charge in [-0.2, -0.15) is 0 Å². The molecule has 0 unspecified atom stereocenters. The van der Waals surface area contributed by atoms with Gasteiger partial charge in [0.2, 0.25) is 0 Å². The van der Waals surface area contributed by atoms with Crippen LogP contribution in [0.25, 0.3) is 0 Å². The number of alkyl halides is 6. The second-order valence-corrected chi connectivity index (χ2v) is 4.18. The number of hydrogen-bond acceptors (Lipinski definition) is 4. The molecule has 0 bridgehead atoms. The summed E-state index contributed by atoms with van der Waals surface area (Å²) in [7, 11) is -4.82. The van der Waals surface area contributed by atoms with E-state index in [1.54, 1.807) is 0 Å². The molecule has 0 atom stereocenters. The highest BCUT2D eigenvalue weighted by atomic mass is 31.2. The van der Waals surface area contributed by atoms with Crippen molar-refractivity contribution in [1.82, 2.24) is 0 Å². The van der Waals surface area contributed by atoms with Crippen LogP contribution in [-0.4, -0.2) is 39.1 Å². The Morgan fingerprint density at radius 3 is 1.12 bits per heavy atom. The number of phosphoric ester groups is 1. The van der Waals surface area contributed by atoms with Gasteiger partial charge in [-0.15, -0.1) is 0 Å². The summed E-state index contributed by atoms with van der Waals surface area (Å²) in [6.07, 6.45) is -9.23. The van der Waals surface area contributed by atoms with Crippen LogP contribution in [0.2, 0.25) is 0 Å². The zero-order chi connectivity index (χ0) is 13.5. The lowest BCUT2D eigenvalue weighted by molar-refractivity contribution is 0.00183. The third-order valence-corrected chi connectivity index (χ3v) is 2.47. The first-order valence-corrected chi connectivity index (χ1v) is 5.59. The van der Waals surface area contributed by atoms with Gasteiger partial charge in [0.05, 0.1) is 0 Å². The van der Waals surface area contributed by atoms with E-state index in [0.29, 0.717) is 0 Å². The lowest BCUT2D eigenvalue weighted by Gasteiger charge is -2.17. The van der Waals surface area contributed by atoms with Crippen LogP contribution in [0.3, 0.4) is 0 Å². The molecule has 0 rings (SSSR count). The lowest BCUT2D eigenvalue weighted by Crippen LogP contribution is -2.12. The fraction of sp³-hybridized carbons (Fsp3) is 1.00. The van der Waals surface area contributed by atoms with Gasteiger partial charge in [-0.1, -0.05) is 0 Å². The van der Waals surface area contributed by atoms with Crippen molar-refractivity contribution in [2.75, 3.05) is 19.8 Å². The van der Waals surface area contributed by atoms with Crippen LogP contribution in [0, 0.1) is 0 Å². The van der Waals surface area contributed by atoms with Crippen LogP contribution in [0.15, 0.2) is 0 Å². The molecule has 4 nitrogen and oxygen atoms in total. The quantitative estimate of drug-likeness (QED) is 0.484. The molecule has 0 saturated carbocycles. The predicted molar refractivity (Wildman–Crippen MR) is 43.5 cm³/mol. The summed E-state index contributed by atoms with van der Waals surface area (Å²) < 4.78 is 93.2. The van der Waals surface area contributed by atoms with Gasteiger partial charge in [0.15, 0.2) is 0 Å². The Morgan fingerprint density at radius 2 is 0.941 bits per heavy atom. The van der Waals surface area contributed by atoms with Crippen molar-refractivity contribution < 1.29 is 44.5 Å². The molecule has 11 heteroatoms. The first-order chi connectivity index (χ1) is 7.75. The molecule has 0 fully saturated rings. The van der Waals surface area contributed by atoms with Crippen molar-refractivity contribution in [2.24, 2.45) is 0 Å². The van der Waals surface area contributed by atoms with Gasteiger partial charge in [-0.3, -0.25) is 13.6 Å². The summed E-state index contributed by atoms with van der Waals surface area (Å²) in [6.45, 7) is -4.32.